The molecular formula is C25H30N2O3. The van der Waals surface area contributed by atoms with E-state index in [4.69, 9.17) is 9.47 Å². The zero-order valence-electron chi connectivity index (χ0n) is 18.1. The Balaban J connectivity index is 1.88. The Morgan fingerprint density at radius 3 is 1.63 bits per heavy atom. The van der Waals surface area contributed by atoms with E-state index < -0.39 is 0 Å². The molecule has 5 heteroatoms. The maximum atomic E-state index is 9.76. The van der Waals surface area contributed by atoms with Crippen LogP contribution in [0.15, 0.2) is 54.9 Å². The highest BCUT2D eigenvalue weighted by molar-refractivity contribution is 5.39. The van der Waals surface area contributed by atoms with Gasteiger partial charge in [0.15, 0.2) is 0 Å². The summed E-state index contributed by atoms with van der Waals surface area (Å²) in [5.41, 5.74) is 4.77. The third kappa shape index (κ3) is 5.16. The van der Waals surface area contributed by atoms with E-state index in [2.05, 4.69) is 23.8 Å². The van der Waals surface area contributed by atoms with Gasteiger partial charge in [0.1, 0.15) is 23.7 Å². The lowest BCUT2D eigenvalue weighted by Gasteiger charge is -2.22. The first-order chi connectivity index (χ1) is 14.5. The number of benzene rings is 1. The molecular weight excluding hydrogens is 376 g/mol. The van der Waals surface area contributed by atoms with Crippen molar-refractivity contribution in [2.45, 2.75) is 59.4 Å². The van der Waals surface area contributed by atoms with E-state index in [0.29, 0.717) is 11.5 Å². The van der Waals surface area contributed by atoms with Crippen LogP contribution in [0.25, 0.3) is 0 Å². The van der Waals surface area contributed by atoms with Crippen LogP contribution in [-0.4, -0.2) is 15.1 Å². The SMILES string of the molecule is CCC(Oc1cc(CO)cc(OC(CC)c2ncccc2C)c1)c1ncccc1C. The number of ether oxygens (including phenoxy) is 2. The Hall–Kier alpha value is -2.92. The van der Waals surface area contributed by atoms with Crippen LogP contribution in [0, 0.1) is 13.8 Å². The molecule has 0 spiro atoms. The van der Waals surface area contributed by atoms with Crippen LogP contribution in [0.4, 0.5) is 0 Å². The van der Waals surface area contributed by atoms with Gasteiger partial charge in [0.05, 0.1) is 18.0 Å². The van der Waals surface area contributed by atoms with Gasteiger partial charge in [0, 0.05) is 18.5 Å². The number of aliphatic hydroxyl groups is 1. The zero-order valence-corrected chi connectivity index (χ0v) is 18.1. The largest absolute Gasteiger partial charge is 0.484 e. The summed E-state index contributed by atoms with van der Waals surface area (Å²) in [6.07, 6.45) is 4.79. The molecule has 30 heavy (non-hydrogen) atoms. The molecule has 1 aromatic carbocycles. The lowest BCUT2D eigenvalue weighted by Crippen LogP contribution is -2.12. The summed E-state index contributed by atoms with van der Waals surface area (Å²) < 4.78 is 12.6. The molecule has 0 aliphatic heterocycles. The van der Waals surface area contributed by atoms with Crippen LogP contribution in [0.2, 0.25) is 0 Å². The van der Waals surface area contributed by atoms with Crippen molar-refractivity contribution in [2.24, 2.45) is 0 Å². The lowest BCUT2D eigenvalue weighted by atomic mass is 10.1. The molecule has 1 N–H and O–H groups in total. The monoisotopic (exact) mass is 406 g/mol. The van der Waals surface area contributed by atoms with Crippen LogP contribution in [0.5, 0.6) is 11.5 Å². The van der Waals surface area contributed by atoms with E-state index >= 15 is 0 Å². The predicted molar refractivity (Wildman–Crippen MR) is 118 cm³/mol. The Labute approximate surface area is 178 Å². The first kappa shape index (κ1) is 21.8. The van der Waals surface area contributed by atoms with Gasteiger partial charge in [0.25, 0.3) is 0 Å². The minimum Gasteiger partial charge on any atom is -0.484 e. The van der Waals surface area contributed by atoms with Crippen molar-refractivity contribution in [1.29, 1.82) is 0 Å². The molecule has 5 nitrogen and oxygen atoms in total. The van der Waals surface area contributed by atoms with Crippen LogP contribution < -0.4 is 9.47 Å². The second-order valence-corrected chi connectivity index (χ2v) is 7.41. The molecule has 3 aromatic rings. The molecule has 2 unspecified atom stereocenters. The molecule has 0 bridgehead atoms. The molecule has 0 fully saturated rings. The fraction of sp³-hybridized carbons (Fsp3) is 0.360. The van der Waals surface area contributed by atoms with Gasteiger partial charge in [-0.05, 0) is 67.6 Å². The van der Waals surface area contributed by atoms with E-state index in [9.17, 15) is 5.11 Å². The number of aryl methyl sites for hydroxylation is 2. The topological polar surface area (TPSA) is 64.5 Å². The number of aliphatic hydroxyl groups excluding tert-OH is 1. The van der Waals surface area contributed by atoms with Gasteiger partial charge < -0.3 is 14.6 Å². The highest BCUT2D eigenvalue weighted by Gasteiger charge is 2.18. The summed E-state index contributed by atoms with van der Waals surface area (Å²) in [5, 5.41) is 9.76. The first-order valence-electron chi connectivity index (χ1n) is 10.5. The number of rotatable bonds is 9. The lowest BCUT2D eigenvalue weighted by molar-refractivity contribution is 0.182. The summed E-state index contributed by atoms with van der Waals surface area (Å²) >= 11 is 0. The number of pyridine rings is 2. The van der Waals surface area contributed by atoms with E-state index in [-0.39, 0.29) is 18.8 Å². The van der Waals surface area contributed by atoms with E-state index in [1.54, 1.807) is 12.4 Å². The van der Waals surface area contributed by atoms with E-state index in [1.165, 1.54) is 0 Å². The number of nitrogens with zero attached hydrogens (tertiary/aromatic N) is 2. The van der Waals surface area contributed by atoms with Gasteiger partial charge in [-0.2, -0.15) is 0 Å². The molecule has 3 rings (SSSR count). The third-order valence-corrected chi connectivity index (χ3v) is 5.13. The fourth-order valence-electron chi connectivity index (χ4n) is 3.52. The summed E-state index contributed by atoms with van der Waals surface area (Å²) in [6, 6.07) is 13.5. The van der Waals surface area contributed by atoms with Gasteiger partial charge in [0.2, 0.25) is 0 Å². The molecule has 0 saturated heterocycles. The van der Waals surface area contributed by atoms with Crippen molar-refractivity contribution in [2.75, 3.05) is 0 Å². The third-order valence-electron chi connectivity index (χ3n) is 5.13. The standard InChI is InChI=1S/C25H30N2O3/c1-5-22(24-17(3)9-7-11-26-24)29-20-13-19(16-28)14-21(15-20)30-23(6-2)25-18(4)10-8-12-27-25/h7-15,22-23,28H,5-6,16H2,1-4H3. The summed E-state index contributed by atoms with van der Waals surface area (Å²) in [4.78, 5) is 9.02. The molecule has 0 saturated carbocycles. The molecule has 158 valence electrons. The van der Waals surface area contributed by atoms with Crippen molar-refractivity contribution in [3.63, 3.8) is 0 Å². The van der Waals surface area contributed by atoms with Crippen LogP contribution in [0.1, 0.15) is 67.0 Å². The maximum absolute atomic E-state index is 9.76. The van der Waals surface area contributed by atoms with Crippen LogP contribution in [-0.2, 0) is 6.61 Å². The van der Waals surface area contributed by atoms with Crippen LogP contribution in [0.3, 0.4) is 0 Å². The van der Waals surface area contributed by atoms with Gasteiger partial charge in [-0.25, -0.2) is 0 Å². The van der Waals surface area contributed by atoms with E-state index in [1.807, 2.05) is 56.3 Å². The minimum atomic E-state index is -0.173. The maximum Gasteiger partial charge on any atom is 0.140 e. The highest BCUT2D eigenvalue weighted by atomic mass is 16.5. The van der Waals surface area contributed by atoms with Gasteiger partial charge >= 0.3 is 0 Å². The molecule has 2 aromatic heterocycles. The number of hydrogen-bond acceptors (Lipinski definition) is 5. The van der Waals surface area contributed by atoms with Gasteiger partial charge in [-0.3, -0.25) is 9.97 Å². The van der Waals surface area contributed by atoms with Gasteiger partial charge in [-0.15, -0.1) is 0 Å². The smallest absolute Gasteiger partial charge is 0.140 e. The Morgan fingerprint density at radius 1 is 0.800 bits per heavy atom. The first-order valence-corrected chi connectivity index (χ1v) is 10.5. The summed E-state index contributed by atoms with van der Waals surface area (Å²) in [5.74, 6) is 1.31. The van der Waals surface area contributed by atoms with Crippen LogP contribution >= 0.6 is 0 Å². The molecule has 2 heterocycles. The molecule has 2 atom stereocenters. The fourth-order valence-corrected chi connectivity index (χ4v) is 3.52. The summed E-state index contributed by atoms with van der Waals surface area (Å²) in [7, 11) is 0. The average Bonchev–Trinajstić information content (AvgIpc) is 2.77. The normalized spacial score (nSPS) is 13.0. The summed E-state index contributed by atoms with van der Waals surface area (Å²) in [6.45, 7) is 8.13. The predicted octanol–water partition coefficient (Wildman–Crippen LogP) is 5.65. The molecule has 0 aliphatic carbocycles. The molecule has 0 amide bonds. The highest BCUT2D eigenvalue weighted by Crippen LogP contribution is 2.32. The Bertz CT molecular complexity index is 900. The van der Waals surface area contributed by atoms with Crippen molar-refractivity contribution < 1.29 is 14.6 Å². The molecule has 0 radical (unpaired) electrons. The van der Waals surface area contributed by atoms with Crippen molar-refractivity contribution in [3.05, 3.63) is 82.9 Å². The Kier molecular flexibility index (Phi) is 7.41. The zero-order chi connectivity index (χ0) is 21.5. The van der Waals surface area contributed by atoms with Gasteiger partial charge in [-0.1, -0.05) is 26.0 Å². The van der Waals surface area contributed by atoms with Crippen molar-refractivity contribution in [3.8, 4) is 11.5 Å². The van der Waals surface area contributed by atoms with E-state index in [0.717, 1.165) is 40.9 Å². The Morgan fingerprint density at radius 2 is 1.27 bits per heavy atom. The number of hydrogen-bond donors (Lipinski definition) is 1. The number of aromatic nitrogens is 2. The van der Waals surface area contributed by atoms with Crippen molar-refractivity contribution >= 4 is 0 Å². The minimum absolute atomic E-state index is 0.0909. The molecule has 0 aliphatic rings. The second-order valence-electron chi connectivity index (χ2n) is 7.41. The second kappa shape index (κ2) is 10.2. The average molecular weight is 407 g/mol. The van der Waals surface area contributed by atoms with Crippen molar-refractivity contribution in [1.82, 2.24) is 9.97 Å². The quantitative estimate of drug-likeness (QED) is 0.498.